The van der Waals surface area contributed by atoms with Crippen LogP contribution in [0.3, 0.4) is 0 Å². The molecule has 4 rings (SSSR count). The lowest BCUT2D eigenvalue weighted by Crippen LogP contribution is -2.13. The Labute approximate surface area is 152 Å². The molecule has 0 N–H and O–H groups in total. The molecule has 0 radical (unpaired) electrons. The summed E-state index contributed by atoms with van der Waals surface area (Å²) in [6.07, 6.45) is 3.90. The average molecular weight is 365 g/mol. The fourth-order valence-corrected chi connectivity index (χ4v) is 3.57. The van der Waals surface area contributed by atoms with E-state index in [0.717, 1.165) is 15.8 Å². The smallest absolute Gasteiger partial charge is 0.248 e. The van der Waals surface area contributed by atoms with E-state index < -0.39 is 0 Å². The van der Waals surface area contributed by atoms with E-state index in [4.69, 9.17) is 4.52 Å². The summed E-state index contributed by atoms with van der Waals surface area (Å²) in [5.41, 5.74) is 1.88. The van der Waals surface area contributed by atoms with E-state index in [-0.39, 0.29) is 12.3 Å². The summed E-state index contributed by atoms with van der Waals surface area (Å²) in [5, 5.41) is 3.93. The highest BCUT2D eigenvalue weighted by Gasteiger charge is 2.11. The van der Waals surface area contributed by atoms with Gasteiger partial charge in [0, 0.05) is 37.8 Å². The molecule has 0 unspecified atom stereocenters. The quantitative estimate of drug-likeness (QED) is 0.555. The molecule has 0 fully saturated rings. The van der Waals surface area contributed by atoms with Crippen LogP contribution in [0.5, 0.6) is 0 Å². The Morgan fingerprint density at radius 3 is 2.85 bits per heavy atom. The van der Waals surface area contributed by atoms with Gasteiger partial charge in [0.1, 0.15) is 0 Å². The first-order chi connectivity index (χ1) is 12.7. The SMILES string of the molecule is Cn1c(=NC(=O)CCc2nc(-c3ccncc3)no2)sc2ccccc21. The Hall–Kier alpha value is -3.13. The van der Waals surface area contributed by atoms with Crippen LogP contribution < -0.4 is 4.80 Å². The van der Waals surface area contributed by atoms with Gasteiger partial charge in [-0.3, -0.25) is 9.78 Å². The van der Waals surface area contributed by atoms with Gasteiger partial charge in [-0.05, 0) is 24.3 Å². The molecule has 3 aromatic heterocycles. The summed E-state index contributed by atoms with van der Waals surface area (Å²) in [7, 11) is 1.91. The Morgan fingerprint density at radius 1 is 1.23 bits per heavy atom. The molecule has 0 atom stereocenters. The predicted molar refractivity (Wildman–Crippen MR) is 97.2 cm³/mol. The van der Waals surface area contributed by atoms with Crippen molar-refractivity contribution in [3.8, 4) is 11.4 Å². The summed E-state index contributed by atoms with van der Waals surface area (Å²) >= 11 is 1.49. The second kappa shape index (κ2) is 7.01. The van der Waals surface area contributed by atoms with Gasteiger partial charge in [-0.15, -0.1) is 0 Å². The van der Waals surface area contributed by atoms with Crippen molar-refractivity contribution in [1.82, 2.24) is 19.7 Å². The molecule has 3 heterocycles. The van der Waals surface area contributed by atoms with Gasteiger partial charge in [-0.1, -0.05) is 28.6 Å². The Kier molecular flexibility index (Phi) is 4.40. The lowest BCUT2D eigenvalue weighted by molar-refractivity contribution is -0.118. The van der Waals surface area contributed by atoms with E-state index in [1.807, 2.05) is 35.9 Å². The van der Waals surface area contributed by atoms with Crippen LogP contribution in [-0.4, -0.2) is 25.6 Å². The molecule has 0 aliphatic carbocycles. The number of aryl methyl sites for hydroxylation is 2. The van der Waals surface area contributed by atoms with Gasteiger partial charge >= 0.3 is 0 Å². The van der Waals surface area contributed by atoms with Crippen molar-refractivity contribution in [3.63, 3.8) is 0 Å². The lowest BCUT2D eigenvalue weighted by Gasteiger charge is -1.94. The van der Waals surface area contributed by atoms with Crippen LogP contribution in [0.4, 0.5) is 0 Å². The summed E-state index contributed by atoms with van der Waals surface area (Å²) in [6.45, 7) is 0. The molecule has 0 aliphatic heterocycles. The number of pyridine rings is 1. The fourth-order valence-electron chi connectivity index (χ4n) is 2.54. The number of amides is 1. The van der Waals surface area contributed by atoms with Crippen molar-refractivity contribution in [3.05, 3.63) is 59.5 Å². The van der Waals surface area contributed by atoms with Crippen molar-refractivity contribution in [2.45, 2.75) is 12.8 Å². The maximum absolute atomic E-state index is 12.2. The molecular weight excluding hydrogens is 350 g/mol. The van der Waals surface area contributed by atoms with Gasteiger partial charge in [0.05, 0.1) is 10.2 Å². The molecule has 4 aromatic rings. The average Bonchev–Trinajstić information content (AvgIpc) is 3.27. The topological polar surface area (TPSA) is 86.2 Å². The molecule has 1 amide bonds. The number of carbonyl (C=O) groups excluding carboxylic acids is 1. The summed E-state index contributed by atoms with van der Waals surface area (Å²) in [6, 6.07) is 11.6. The number of carbonyl (C=O) groups is 1. The summed E-state index contributed by atoms with van der Waals surface area (Å²) in [4.78, 5) is 25.4. The molecular formula is C18H15N5O2S. The Morgan fingerprint density at radius 2 is 2.04 bits per heavy atom. The summed E-state index contributed by atoms with van der Waals surface area (Å²) in [5.74, 6) is 0.694. The fraction of sp³-hybridized carbons (Fsp3) is 0.167. The van der Waals surface area contributed by atoms with E-state index in [9.17, 15) is 4.79 Å². The van der Waals surface area contributed by atoms with E-state index in [1.165, 1.54) is 11.3 Å². The van der Waals surface area contributed by atoms with Crippen molar-refractivity contribution < 1.29 is 9.32 Å². The first kappa shape index (κ1) is 16.3. The number of nitrogens with zero attached hydrogens (tertiary/aromatic N) is 5. The number of fused-ring (bicyclic) bond motifs is 1. The molecule has 0 saturated heterocycles. The maximum Gasteiger partial charge on any atom is 0.248 e. The normalized spacial score (nSPS) is 12.0. The minimum absolute atomic E-state index is 0.212. The Balaban J connectivity index is 1.47. The van der Waals surface area contributed by atoms with Crippen LogP contribution in [0.25, 0.3) is 21.6 Å². The predicted octanol–water partition coefficient (Wildman–Crippen LogP) is 2.74. The van der Waals surface area contributed by atoms with Gasteiger partial charge in [-0.25, -0.2) is 0 Å². The van der Waals surface area contributed by atoms with Gasteiger partial charge < -0.3 is 9.09 Å². The van der Waals surface area contributed by atoms with Gasteiger partial charge in [-0.2, -0.15) is 9.98 Å². The number of hydrogen-bond donors (Lipinski definition) is 0. The van der Waals surface area contributed by atoms with Crippen LogP contribution >= 0.6 is 11.3 Å². The standard InChI is InChI=1S/C18H15N5O2S/c1-23-13-4-2-3-5-14(13)26-18(23)20-15(24)6-7-16-21-17(22-25-16)12-8-10-19-11-9-12/h2-5,8-11H,6-7H2,1H3. The first-order valence-corrected chi connectivity index (χ1v) is 8.87. The third-order valence-corrected chi connectivity index (χ3v) is 5.01. The van der Waals surface area contributed by atoms with Crippen LogP contribution in [0.1, 0.15) is 12.3 Å². The highest BCUT2D eigenvalue weighted by molar-refractivity contribution is 7.16. The third kappa shape index (κ3) is 3.31. The van der Waals surface area contributed by atoms with Crippen LogP contribution in [0.15, 0.2) is 58.3 Å². The molecule has 0 aliphatic rings. The van der Waals surface area contributed by atoms with Crippen molar-refractivity contribution in [1.29, 1.82) is 0 Å². The van der Waals surface area contributed by atoms with Gasteiger partial charge in [0.25, 0.3) is 0 Å². The van der Waals surface area contributed by atoms with E-state index in [0.29, 0.717) is 22.9 Å². The largest absolute Gasteiger partial charge is 0.339 e. The van der Waals surface area contributed by atoms with Crippen LogP contribution in [0.2, 0.25) is 0 Å². The zero-order valence-electron chi connectivity index (χ0n) is 14.0. The zero-order chi connectivity index (χ0) is 17.9. The van der Waals surface area contributed by atoms with E-state index in [2.05, 4.69) is 20.1 Å². The highest BCUT2D eigenvalue weighted by Crippen LogP contribution is 2.16. The number of thiazole rings is 1. The second-order valence-electron chi connectivity index (χ2n) is 5.66. The van der Waals surface area contributed by atoms with Crippen molar-refractivity contribution in [2.75, 3.05) is 0 Å². The minimum Gasteiger partial charge on any atom is -0.339 e. The molecule has 26 heavy (non-hydrogen) atoms. The molecule has 130 valence electrons. The molecule has 0 bridgehead atoms. The van der Waals surface area contributed by atoms with Crippen molar-refractivity contribution >= 4 is 27.5 Å². The molecule has 8 heteroatoms. The van der Waals surface area contributed by atoms with Gasteiger partial charge in [0.15, 0.2) is 4.80 Å². The summed E-state index contributed by atoms with van der Waals surface area (Å²) < 4.78 is 8.23. The number of benzene rings is 1. The Bertz CT molecular complexity index is 1130. The number of para-hydroxylation sites is 1. The number of rotatable bonds is 4. The lowest BCUT2D eigenvalue weighted by atomic mass is 10.2. The van der Waals surface area contributed by atoms with Crippen molar-refractivity contribution in [2.24, 2.45) is 12.0 Å². The highest BCUT2D eigenvalue weighted by atomic mass is 32.1. The van der Waals surface area contributed by atoms with Gasteiger partial charge in [0.2, 0.25) is 17.6 Å². The maximum atomic E-state index is 12.2. The monoisotopic (exact) mass is 365 g/mol. The van der Waals surface area contributed by atoms with Crippen LogP contribution in [0, 0.1) is 0 Å². The molecule has 1 aromatic carbocycles. The van der Waals surface area contributed by atoms with E-state index in [1.54, 1.807) is 24.5 Å². The molecule has 7 nitrogen and oxygen atoms in total. The zero-order valence-corrected chi connectivity index (χ0v) is 14.8. The number of aromatic nitrogens is 4. The second-order valence-corrected chi connectivity index (χ2v) is 6.67. The molecule has 0 saturated carbocycles. The van der Waals surface area contributed by atoms with E-state index >= 15 is 0 Å². The minimum atomic E-state index is -0.212. The number of hydrogen-bond acceptors (Lipinski definition) is 6. The third-order valence-electron chi connectivity index (χ3n) is 3.89. The first-order valence-electron chi connectivity index (χ1n) is 8.06. The molecule has 0 spiro atoms. The van der Waals surface area contributed by atoms with Crippen LogP contribution in [-0.2, 0) is 18.3 Å².